The number of hydrogen-bond donors (Lipinski definition) is 1. The lowest BCUT2D eigenvalue weighted by Gasteiger charge is -2.36. The number of hydrogen-bond acceptors (Lipinski definition) is 5. The molecule has 0 aromatic carbocycles. The second-order valence-electron chi connectivity index (χ2n) is 4.86. The van der Waals surface area contributed by atoms with Gasteiger partial charge in [-0.15, -0.1) is 0 Å². The largest absolute Gasteiger partial charge is 0.374 e. The molecule has 5 nitrogen and oxygen atoms in total. The zero-order valence-corrected chi connectivity index (χ0v) is 11.9. The molecule has 2 heterocycles. The zero-order chi connectivity index (χ0) is 13.5. The molecule has 0 radical (unpaired) electrons. The molecule has 0 spiro atoms. The molecule has 106 valence electrons. The van der Waals surface area contributed by atoms with E-state index in [0.29, 0.717) is 0 Å². The number of morpholine rings is 1. The summed E-state index contributed by atoms with van der Waals surface area (Å²) in [5, 5.41) is 3.55. The second-order valence-corrected chi connectivity index (χ2v) is 4.86. The van der Waals surface area contributed by atoms with E-state index < -0.39 is 0 Å². The van der Waals surface area contributed by atoms with Gasteiger partial charge in [-0.3, -0.25) is 14.9 Å². The summed E-state index contributed by atoms with van der Waals surface area (Å²) in [7, 11) is 0. The Hall–Kier alpha value is -1.04. The van der Waals surface area contributed by atoms with Gasteiger partial charge in [-0.1, -0.05) is 13.8 Å². The Bertz CT molecular complexity index is 360. The van der Waals surface area contributed by atoms with Crippen LogP contribution < -0.4 is 5.32 Å². The molecule has 2 atom stereocenters. The first-order valence-electron chi connectivity index (χ1n) is 7.18. The van der Waals surface area contributed by atoms with Crippen molar-refractivity contribution < 1.29 is 4.74 Å². The van der Waals surface area contributed by atoms with Crippen LogP contribution in [-0.4, -0.2) is 53.8 Å². The van der Waals surface area contributed by atoms with E-state index in [2.05, 4.69) is 34.0 Å². The fraction of sp³-hybridized carbons (Fsp3) is 0.714. The molecule has 2 rings (SSSR count). The Balaban J connectivity index is 2.08. The number of nitrogens with one attached hydrogen (secondary N) is 1. The molecule has 1 aliphatic rings. The van der Waals surface area contributed by atoms with Crippen molar-refractivity contribution in [1.29, 1.82) is 0 Å². The van der Waals surface area contributed by atoms with E-state index >= 15 is 0 Å². The third-order valence-corrected chi connectivity index (χ3v) is 3.51. The molecule has 19 heavy (non-hydrogen) atoms. The quantitative estimate of drug-likeness (QED) is 0.837. The normalized spacial score (nSPS) is 22.3. The molecule has 1 saturated heterocycles. The van der Waals surface area contributed by atoms with Gasteiger partial charge in [0.05, 0.1) is 30.6 Å². The molecule has 2 unspecified atom stereocenters. The molecule has 0 aliphatic carbocycles. The van der Waals surface area contributed by atoms with Crippen molar-refractivity contribution in [3.63, 3.8) is 0 Å². The molecule has 1 aromatic rings. The Morgan fingerprint density at radius 2 is 2.37 bits per heavy atom. The SMILES string of the molecule is CCCNC(c1cnccn1)C1CN(CC)CCO1. The maximum Gasteiger partial charge on any atom is 0.0912 e. The highest BCUT2D eigenvalue weighted by atomic mass is 16.5. The van der Waals surface area contributed by atoms with E-state index in [1.54, 1.807) is 12.4 Å². The van der Waals surface area contributed by atoms with Crippen LogP contribution >= 0.6 is 0 Å². The predicted molar refractivity (Wildman–Crippen MR) is 74.9 cm³/mol. The van der Waals surface area contributed by atoms with Crippen LogP contribution in [0.15, 0.2) is 18.6 Å². The molecule has 1 N–H and O–H groups in total. The summed E-state index contributed by atoms with van der Waals surface area (Å²) in [6.07, 6.45) is 6.54. The molecule has 1 aromatic heterocycles. The predicted octanol–water partition coefficient (Wildman–Crippen LogP) is 1.24. The van der Waals surface area contributed by atoms with E-state index in [-0.39, 0.29) is 12.1 Å². The lowest BCUT2D eigenvalue weighted by atomic mass is 10.1. The average molecular weight is 264 g/mol. The van der Waals surface area contributed by atoms with Crippen LogP contribution in [0.25, 0.3) is 0 Å². The van der Waals surface area contributed by atoms with Gasteiger partial charge in [0, 0.05) is 25.5 Å². The minimum atomic E-state index is 0.128. The summed E-state index contributed by atoms with van der Waals surface area (Å²) in [6, 6.07) is 0.128. The van der Waals surface area contributed by atoms with Crippen LogP contribution in [0.3, 0.4) is 0 Å². The number of likely N-dealkylation sites (N-methyl/N-ethyl adjacent to an activating group) is 1. The Morgan fingerprint density at radius 1 is 1.47 bits per heavy atom. The van der Waals surface area contributed by atoms with Crippen molar-refractivity contribution >= 4 is 0 Å². The van der Waals surface area contributed by atoms with Gasteiger partial charge < -0.3 is 10.1 Å². The monoisotopic (exact) mass is 264 g/mol. The Morgan fingerprint density at radius 3 is 3.05 bits per heavy atom. The third kappa shape index (κ3) is 3.96. The molecule has 1 aliphatic heterocycles. The van der Waals surface area contributed by atoms with E-state index in [1.165, 1.54) is 0 Å². The molecular weight excluding hydrogens is 240 g/mol. The van der Waals surface area contributed by atoms with Crippen molar-refractivity contribution in [3.8, 4) is 0 Å². The van der Waals surface area contributed by atoms with Gasteiger partial charge in [0.1, 0.15) is 0 Å². The van der Waals surface area contributed by atoms with Gasteiger partial charge in [0.15, 0.2) is 0 Å². The molecule has 0 amide bonds. The lowest BCUT2D eigenvalue weighted by molar-refractivity contribution is -0.0463. The summed E-state index contributed by atoms with van der Waals surface area (Å²) in [5.41, 5.74) is 0.971. The molecule has 1 fully saturated rings. The number of rotatable bonds is 6. The minimum Gasteiger partial charge on any atom is -0.374 e. The highest BCUT2D eigenvalue weighted by molar-refractivity contribution is 5.06. The van der Waals surface area contributed by atoms with Gasteiger partial charge in [-0.25, -0.2) is 0 Å². The van der Waals surface area contributed by atoms with Crippen LogP contribution in [0.4, 0.5) is 0 Å². The summed E-state index contributed by atoms with van der Waals surface area (Å²) in [6.45, 7) is 9.17. The van der Waals surface area contributed by atoms with E-state index in [9.17, 15) is 0 Å². The van der Waals surface area contributed by atoms with Crippen LogP contribution in [-0.2, 0) is 4.74 Å². The smallest absolute Gasteiger partial charge is 0.0912 e. The van der Waals surface area contributed by atoms with Gasteiger partial charge >= 0.3 is 0 Å². The minimum absolute atomic E-state index is 0.128. The number of ether oxygens (including phenoxy) is 1. The molecule has 0 bridgehead atoms. The van der Waals surface area contributed by atoms with Gasteiger partial charge in [-0.2, -0.15) is 0 Å². The van der Waals surface area contributed by atoms with Crippen molar-refractivity contribution in [2.45, 2.75) is 32.4 Å². The van der Waals surface area contributed by atoms with Crippen molar-refractivity contribution in [1.82, 2.24) is 20.2 Å². The van der Waals surface area contributed by atoms with Gasteiger partial charge in [0.2, 0.25) is 0 Å². The lowest BCUT2D eigenvalue weighted by Crippen LogP contribution is -2.48. The van der Waals surface area contributed by atoms with Gasteiger partial charge in [-0.05, 0) is 19.5 Å². The van der Waals surface area contributed by atoms with E-state index in [1.807, 2.05) is 6.20 Å². The van der Waals surface area contributed by atoms with E-state index in [4.69, 9.17) is 4.74 Å². The van der Waals surface area contributed by atoms with E-state index in [0.717, 1.165) is 44.9 Å². The number of nitrogens with zero attached hydrogens (tertiary/aromatic N) is 3. The zero-order valence-electron chi connectivity index (χ0n) is 11.9. The summed E-state index contributed by atoms with van der Waals surface area (Å²) in [4.78, 5) is 11.0. The van der Waals surface area contributed by atoms with Crippen LogP contribution in [0.1, 0.15) is 32.0 Å². The topological polar surface area (TPSA) is 50.3 Å². The Labute approximate surface area is 115 Å². The summed E-state index contributed by atoms with van der Waals surface area (Å²) < 4.78 is 5.95. The second kappa shape index (κ2) is 7.53. The molecule has 0 saturated carbocycles. The third-order valence-electron chi connectivity index (χ3n) is 3.51. The molecular formula is C14H24N4O. The average Bonchev–Trinajstić information content (AvgIpc) is 2.49. The fourth-order valence-electron chi connectivity index (χ4n) is 2.42. The van der Waals surface area contributed by atoms with Crippen molar-refractivity contribution in [2.24, 2.45) is 0 Å². The summed E-state index contributed by atoms with van der Waals surface area (Å²) >= 11 is 0. The number of aromatic nitrogens is 2. The standard InChI is InChI=1S/C14H24N4O/c1-3-5-17-14(12-10-15-6-7-16-12)13-11-18(4-2)8-9-19-13/h6-7,10,13-14,17H,3-5,8-9,11H2,1-2H3. The Kier molecular flexibility index (Phi) is 5.69. The first-order chi connectivity index (χ1) is 9.35. The maximum atomic E-state index is 5.95. The van der Waals surface area contributed by atoms with Crippen LogP contribution in [0, 0.1) is 0 Å². The van der Waals surface area contributed by atoms with Crippen molar-refractivity contribution in [3.05, 3.63) is 24.3 Å². The van der Waals surface area contributed by atoms with Crippen LogP contribution in [0.5, 0.6) is 0 Å². The first kappa shape index (κ1) is 14.4. The fourth-order valence-corrected chi connectivity index (χ4v) is 2.42. The summed E-state index contributed by atoms with van der Waals surface area (Å²) in [5.74, 6) is 0. The van der Waals surface area contributed by atoms with Crippen molar-refractivity contribution in [2.75, 3.05) is 32.8 Å². The molecule has 5 heteroatoms. The van der Waals surface area contributed by atoms with Crippen LogP contribution in [0.2, 0.25) is 0 Å². The first-order valence-corrected chi connectivity index (χ1v) is 7.18. The van der Waals surface area contributed by atoms with Gasteiger partial charge in [0.25, 0.3) is 0 Å². The highest BCUT2D eigenvalue weighted by Crippen LogP contribution is 2.20. The highest BCUT2D eigenvalue weighted by Gasteiger charge is 2.29. The maximum absolute atomic E-state index is 5.95.